The van der Waals surface area contributed by atoms with Gasteiger partial charge in [0.2, 0.25) is 5.91 Å². The number of amides is 2. The molecule has 1 aromatic heterocycles. The minimum atomic E-state index is -0.727. The second-order valence-corrected chi connectivity index (χ2v) is 9.75. The number of piperidine rings is 1. The maximum absolute atomic E-state index is 14.0. The molecule has 1 saturated heterocycles. The van der Waals surface area contributed by atoms with Crippen LogP contribution in [-0.4, -0.2) is 39.8 Å². The van der Waals surface area contributed by atoms with Crippen LogP contribution in [0.4, 0.5) is 8.78 Å². The molecule has 0 unspecified atom stereocenters. The van der Waals surface area contributed by atoms with Crippen LogP contribution in [-0.2, 0) is 23.2 Å². The number of benzene rings is 2. The van der Waals surface area contributed by atoms with Crippen molar-refractivity contribution in [2.24, 2.45) is 0 Å². The minimum Gasteiger partial charge on any atom is -0.348 e. The van der Waals surface area contributed by atoms with Gasteiger partial charge in [-0.05, 0) is 49.6 Å². The largest absolute Gasteiger partial charge is 0.348 e. The summed E-state index contributed by atoms with van der Waals surface area (Å²) < 4.78 is 28.0. The van der Waals surface area contributed by atoms with Crippen LogP contribution < -0.4 is 5.32 Å². The average Bonchev–Trinajstić information content (AvgIpc) is 2.85. The van der Waals surface area contributed by atoms with Crippen LogP contribution in [0.25, 0.3) is 0 Å². The lowest BCUT2D eigenvalue weighted by Crippen LogP contribution is -2.45. The van der Waals surface area contributed by atoms with E-state index in [1.54, 1.807) is 24.0 Å². The number of carbonyl (C=O) groups is 2. The lowest BCUT2D eigenvalue weighted by molar-refractivity contribution is -0.132. The van der Waals surface area contributed by atoms with E-state index in [0.717, 1.165) is 17.7 Å². The number of likely N-dealkylation sites (tertiary alicyclic amines) is 1. The van der Waals surface area contributed by atoms with Crippen molar-refractivity contribution < 1.29 is 18.4 Å². The molecule has 6 nitrogen and oxygen atoms in total. The highest BCUT2D eigenvalue weighted by atomic mass is 35.5. The maximum atomic E-state index is 14.0. The summed E-state index contributed by atoms with van der Waals surface area (Å²) in [6.07, 6.45) is 2.29. The smallest absolute Gasteiger partial charge is 0.254 e. The third-order valence-corrected chi connectivity index (χ3v) is 6.91. The molecule has 0 radical (unpaired) electrons. The Balaban J connectivity index is 1.46. The fourth-order valence-electron chi connectivity index (χ4n) is 4.47. The van der Waals surface area contributed by atoms with Crippen molar-refractivity contribution in [1.82, 2.24) is 20.2 Å². The summed E-state index contributed by atoms with van der Waals surface area (Å²) >= 11 is 6.04. The molecule has 0 bridgehead atoms. The number of aromatic nitrogens is 2. The van der Waals surface area contributed by atoms with Gasteiger partial charge in [-0.3, -0.25) is 9.59 Å². The van der Waals surface area contributed by atoms with Crippen LogP contribution in [0, 0.1) is 18.6 Å². The molecular formula is C27H27ClF2N4O2. The fourth-order valence-corrected chi connectivity index (χ4v) is 4.68. The molecular weight excluding hydrogens is 486 g/mol. The molecule has 0 atom stereocenters. The maximum Gasteiger partial charge on any atom is 0.254 e. The summed E-state index contributed by atoms with van der Waals surface area (Å²) in [5.41, 5.74) is 1.19. The molecule has 188 valence electrons. The molecule has 2 aromatic carbocycles. The summed E-state index contributed by atoms with van der Waals surface area (Å²) in [5, 5.41) is 3.50. The van der Waals surface area contributed by atoms with Crippen LogP contribution in [0.2, 0.25) is 5.02 Å². The van der Waals surface area contributed by atoms with E-state index in [1.165, 1.54) is 12.3 Å². The van der Waals surface area contributed by atoms with Crippen molar-refractivity contribution in [2.75, 3.05) is 13.1 Å². The van der Waals surface area contributed by atoms with Crippen molar-refractivity contribution >= 4 is 23.4 Å². The molecule has 4 rings (SSSR count). The molecule has 0 saturated carbocycles. The van der Waals surface area contributed by atoms with Gasteiger partial charge in [-0.1, -0.05) is 36.7 Å². The van der Waals surface area contributed by atoms with E-state index in [1.807, 2.05) is 19.1 Å². The Morgan fingerprint density at radius 1 is 1.11 bits per heavy atom. The zero-order valence-corrected chi connectivity index (χ0v) is 20.9. The lowest BCUT2D eigenvalue weighted by atomic mass is 9.75. The normalized spacial score (nSPS) is 15.0. The standard InChI is InChI=1S/C27H27ClF2N4O2/c1-17-31-16-21(26(36)32-15-18-5-3-6-19(28)13-18)25(33-17)27(2)9-11-34(12-10-27)24(35)14-20-22(29)7-4-8-23(20)30/h3-8,13,16H,9-12,14-15H2,1-2H3,(H,32,36). The quantitative estimate of drug-likeness (QED) is 0.516. The third-order valence-electron chi connectivity index (χ3n) is 6.68. The average molecular weight is 513 g/mol. The first-order valence-corrected chi connectivity index (χ1v) is 12.1. The van der Waals surface area contributed by atoms with E-state index in [9.17, 15) is 18.4 Å². The van der Waals surface area contributed by atoms with Crippen molar-refractivity contribution in [3.05, 3.63) is 93.5 Å². The molecule has 0 spiro atoms. The van der Waals surface area contributed by atoms with Crippen molar-refractivity contribution in [2.45, 2.75) is 45.1 Å². The molecule has 1 fully saturated rings. The van der Waals surface area contributed by atoms with Gasteiger partial charge in [-0.15, -0.1) is 0 Å². The summed E-state index contributed by atoms with van der Waals surface area (Å²) in [7, 11) is 0. The second kappa shape index (κ2) is 10.7. The molecule has 3 aromatic rings. The monoisotopic (exact) mass is 512 g/mol. The summed E-state index contributed by atoms with van der Waals surface area (Å²) in [5.74, 6) is -1.53. The van der Waals surface area contributed by atoms with Crippen LogP contribution >= 0.6 is 11.6 Å². The molecule has 9 heteroatoms. The number of halogens is 3. The van der Waals surface area contributed by atoms with E-state index in [2.05, 4.69) is 15.3 Å². The Morgan fingerprint density at radius 3 is 2.44 bits per heavy atom. The number of hydrogen-bond acceptors (Lipinski definition) is 4. The van der Waals surface area contributed by atoms with Crippen molar-refractivity contribution in [1.29, 1.82) is 0 Å². The van der Waals surface area contributed by atoms with Gasteiger partial charge in [0.25, 0.3) is 5.91 Å². The highest BCUT2D eigenvalue weighted by Crippen LogP contribution is 2.36. The zero-order chi connectivity index (χ0) is 25.9. The van der Waals surface area contributed by atoms with Gasteiger partial charge in [0, 0.05) is 41.8 Å². The molecule has 0 aliphatic carbocycles. The number of nitrogens with one attached hydrogen (secondary N) is 1. The number of aryl methyl sites for hydroxylation is 1. The van der Waals surface area contributed by atoms with Gasteiger partial charge in [-0.2, -0.15) is 0 Å². The molecule has 2 amide bonds. The first-order chi connectivity index (χ1) is 17.2. The minimum absolute atomic E-state index is 0.221. The second-order valence-electron chi connectivity index (χ2n) is 9.31. The predicted molar refractivity (Wildman–Crippen MR) is 133 cm³/mol. The van der Waals surface area contributed by atoms with E-state index in [-0.39, 0.29) is 23.8 Å². The Hall–Kier alpha value is -3.39. The Kier molecular flexibility index (Phi) is 7.64. The SMILES string of the molecule is Cc1ncc(C(=O)NCc2cccc(Cl)c2)c(C2(C)CCN(C(=O)Cc3c(F)cccc3F)CC2)n1. The summed E-state index contributed by atoms with van der Waals surface area (Å²) in [6.45, 7) is 4.86. The first-order valence-electron chi connectivity index (χ1n) is 11.7. The van der Waals surface area contributed by atoms with Crippen LogP contribution in [0.15, 0.2) is 48.7 Å². The van der Waals surface area contributed by atoms with Gasteiger partial charge in [0.1, 0.15) is 17.5 Å². The van der Waals surface area contributed by atoms with E-state index < -0.39 is 17.0 Å². The zero-order valence-electron chi connectivity index (χ0n) is 20.2. The number of rotatable bonds is 6. The highest BCUT2D eigenvalue weighted by Gasteiger charge is 2.37. The van der Waals surface area contributed by atoms with Gasteiger partial charge in [0.15, 0.2) is 0 Å². The molecule has 1 aliphatic rings. The van der Waals surface area contributed by atoms with Crippen LogP contribution in [0.3, 0.4) is 0 Å². The Morgan fingerprint density at radius 2 is 1.78 bits per heavy atom. The van der Waals surface area contributed by atoms with Crippen LogP contribution in [0.5, 0.6) is 0 Å². The first kappa shape index (κ1) is 25.7. The van der Waals surface area contributed by atoms with Gasteiger partial charge in [-0.25, -0.2) is 18.7 Å². The van der Waals surface area contributed by atoms with Gasteiger partial charge >= 0.3 is 0 Å². The molecule has 1 N–H and O–H groups in total. The van der Waals surface area contributed by atoms with Crippen molar-refractivity contribution in [3.63, 3.8) is 0 Å². The van der Waals surface area contributed by atoms with Gasteiger partial charge < -0.3 is 10.2 Å². The van der Waals surface area contributed by atoms with Gasteiger partial charge in [0.05, 0.1) is 17.7 Å². The molecule has 1 aliphatic heterocycles. The van der Waals surface area contributed by atoms with E-state index >= 15 is 0 Å². The van der Waals surface area contributed by atoms with Crippen molar-refractivity contribution in [3.8, 4) is 0 Å². The summed E-state index contributed by atoms with van der Waals surface area (Å²) in [4.78, 5) is 36.4. The Bertz CT molecular complexity index is 1270. The topological polar surface area (TPSA) is 75.2 Å². The van der Waals surface area contributed by atoms with E-state index in [4.69, 9.17) is 11.6 Å². The molecule has 36 heavy (non-hydrogen) atoms. The number of hydrogen-bond donors (Lipinski definition) is 1. The Labute approximate surface area is 213 Å². The third kappa shape index (κ3) is 5.70. The fraction of sp³-hybridized carbons (Fsp3) is 0.333. The number of carbonyl (C=O) groups excluding carboxylic acids is 2. The molecule has 2 heterocycles. The highest BCUT2D eigenvalue weighted by molar-refractivity contribution is 6.30. The lowest BCUT2D eigenvalue weighted by Gasteiger charge is -2.39. The summed E-state index contributed by atoms with van der Waals surface area (Å²) in [6, 6.07) is 10.8. The number of nitrogens with zero attached hydrogens (tertiary/aromatic N) is 3. The predicted octanol–water partition coefficient (Wildman–Crippen LogP) is 4.77. The van der Waals surface area contributed by atoms with E-state index in [0.29, 0.717) is 54.6 Å². The van der Waals surface area contributed by atoms with Crippen LogP contribution in [0.1, 0.15) is 52.8 Å².